The Morgan fingerprint density at radius 1 is 0.971 bits per heavy atom. The first kappa shape index (κ1) is 53.3. The summed E-state index contributed by atoms with van der Waals surface area (Å²) in [5, 5.41) is 17.5. The summed E-state index contributed by atoms with van der Waals surface area (Å²) >= 11 is 0. The van der Waals surface area contributed by atoms with E-state index in [1.807, 2.05) is 56.3 Å². The zero-order valence-electron chi connectivity index (χ0n) is 41.9. The fourth-order valence-electron chi connectivity index (χ4n) is 10.1. The molecule has 380 valence electrons. The molecule has 0 unspecified atom stereocenters. The fourth-order valence-corrected chi connectivity index (χ4v) is 10.1. The first-order chi connectivity index (χ1) is 33.2. The molecule has 2 aromatic heterocycles. The minimum Gasteiger partial charge on any atom is -0.458 e. The SMILES string of the molecule is CC[C@H]1OC(=O)[C@H](C)[C@@H](OC(=O)N(C)c2cccnc2)[C@H](C)[C@@H](O[C@@H]2O[C@H](C)C[C@H](N(C)C)[C@H]2O)[C@](C)(OC(=O)NCC=Cc2ccc(-c3ncccn3)cc2)C[C@@H](C)C(=O)[C@H](C)[C@H]2NC(=O)O[C@@]21C. The van der Waals surface area contributed by atoms with Crippen LogP contribution in [-0.2, 0) is 38.0 Å². The number of aromatic nitrogens is 3. The molecule has 3 aliphatic heterocycles. The van der Waals surface area contributed by atoms with Gasteiger partial charge < -0.3 is 49.1 Å². The number of hydrogen-bond acceptors (Lipinski definition) is 16. The number of ketones is 1. The van der Waals surface area contributed by atoms with Gasteiger partial charge in [0.25, 0.3) is 0 Å². The number of fused-ring (bicyclic) bond motifs is 1. The van der Waals surface area contributed by atoms with E-state index >= 15 is 0 Å². The molecule has 5 heterocycles. The maximum atomic E-state index is 14.8. The molecule has 0 saturated carbocycles. The first-order valence-electron chi connectivity index (χ1n) is 23.9. The van der Waals surface area contributed by atoms with Gasteiger partial charge in [0.1, 0.15) is 35.8 Å². The second-order valence-electron chi connectivity index (χ2n) is 19.4. The smallest absolute Gasteiger partial charge is 0.414 e. The van der Waals surface area contributed by atoms with E-state index in [4.69, 9.17) is 28.4 Å². The Bertz CT molecular complexity index is 2310. The Morgan fingerprint density at radius 2 is 1.67 bits per heavy atom. The number of cyclic esters (lactones) is 1. The van der Waals surface area contributed by atoms with Crippen LogP contribution >= 0.6 is 0 Å². The maximum Gasteiger partial charge on any atom is 0.414 e. The number of benzene rings is 1. The molecule has 3 fully saturated rings. The predicted molar refractivity (Wildman–Crippen MR) is 258 cm³/mol. The first-order valence-corrected chi connectivity index (χ1v) is 23.9. The molecular formula is C51H69N7O12. The predicted octanol–water partition coefficient (Wildman–Crippen LogP) is 6.20. The number of Topliss-reactive ketones (excluding diaryl/α,β-unsaturated/α-hetero) is 1. The summed E-state index contributed by atoms with van der Waals surface area (Å²) in [6.07, 6.45) is 1.15. The van der Waals surface area contributed by atoms with Crippen molar-refractivity contribution in [2.45, 2.75) is 135 Å². The summed E-state index contributed by atoms with van der Waals surface area (Å²) in [5.41, 5.74) is -1.21. The minimum atomic E-state index is -1.80. The van der Waals surface area contributed by atoms with E-state index in [0.717, 1.165) is 11.1 Å². The van der Waals surface area contributed by atoms with E-state index in [-0.39, 0.29) is 25.2 Å². The van der Waals surface area contributed by atoms with Crippen LogP contribution < -0.4 is 15.5 Å². The minimum absolute atomic E-state index is 0.0277. The van der Waals surface area contributed by atoms with Gasteiger partial charge in [-0.15, -0.1) is 0 Å². The average molecular weight is 972 g/mol. The van der Waals surface area contributed by atoms with Gasteiger partial charge in [-0.3, -0.25) is 19.5 Å². The molecule has 0 aliphatic carbocycles. The largest absolute Gasteiger partial charge is 0.458 e. The number of likely N-dealkylation sites (N-methyl/N-ethyl adjacent to an activating group) is 1. The number of nitrogens with one attached hydrogen (secondary N) is 2. The number of esters is 1. The van der Waals surface area contributed by atoms with Crippen LogP contribution in [0.15, 0.2) is 73.3 Å². The van der Waals surface area contributed by atoms with E-state index in [2.05, 4.69) is 25.6 Å². The topological polar surface area (TPSA) is 230 Å². The molecule has 70 heavy (non-hydrogen) atoms. The lowest BCUT2D eigenvalue weighted by atomic mass is 9.73. The second kappa shape index (κ2) is 22.8. The number of amides is 3. The van der Waals surface area contributed by atoms with Crippen molar-refractivity contribution < 1.29 is 57.5 Å². The van der Waals surface area contributed by atoms with Gasteiger partial charge in [-0.25, -0.2) is 24.4 Å². The number of aliphatic hydroxyl groups excluding tert-OH is 1. The Kier molecular flexibility index (Phi) is 17.4. The Labute approximate surface area is 410 Å². The number of nitrogens with zero attached hydrogens (tertiary/aromatic N) is 5. The average Bonchev–Trinajstić information content (AvgIpc) is 3.66. The molecule has 1 aromatic carbocycles. The highest BCUT2D eigenvalue weighted by Crippen LogP contribution is 2.42. The van der Waals surface area contributed by atoms with Crippen molar-refractivity contribution in [2.75, 3.05) is 32.6 Å². The number of carbonyl (C=O) groups excluding carboxylic acids is 5. The number of alkyl carbamates (subject to hydrolysis) is 2. The van der Waals surface area contributed by atoms with Crippen LogP contribution in [0.25, 0.3) is 17.5 Å². The zero-order chi connectivity index (χ0) is 51.1. The van der Waals surface area contributed by atoms with Crippen LogP contribution in [0, 0.1) is 23.7 Å². The number of pyridine rings is 1. The summed E-state index contributed by atoms with van der Waals surface area (Å²) in [6, 6.07) is 11.3. The van der Waals surface area contributed by atoms with Crippen molar-refractivity contribution in [2.24, 2.45) is 23.7 Å². The summed E-state index contributed by atoms with van der Waals surface area (Å²) < 4.78 is 38.1. The van der Waals surface area contributed by atoms with Gasteiger partial charge in [0.05, 0.1) is 29.9 Å². The molecule has 3 amide bonds. The molecule has 19 nitrogen and oxygen atoms in total. The second-order valence-corrected chi connectivity index (χ2v) is 19.4. The highest BCUT2D eigenvalue weighted by Gasteiger charge is 2.58. The molecule has 0 spiro atoms. The molecule has 3 N–H and O–H groups in total. The summed E-state index contributed by atoms with van der Waals surface area (Å²) in [5.74, 6) is -4.63. The molecule has 6 rings (SSSR count). The van der Waals surface area contributed by atoms with Crippen LogP contribution in [-0.4, -0.2) is 143 Å². The van der Waals surface area contributed by atoms with Crippen LogP contribution in [0.5, 0.6) is 0 Å². The van der Waals surface area contributed by atoms with Crippen LogP contribution in [0.4, 0.5) is 20.1 Å². The van der Waals surface area contributed by atoms with Gasteiger partial charge in [0.2, 0.25) is 0 Å². The molecule has 3 aliphatic rings. The summed E-state index contributed by atoms with van der Waals surface area (Å²) in [6.45, 7) is 13.4. The van der Waals surface area contributed by atoms with Gasteiger partial charge in [-0.1, -0.05) is 64.1 Å². The van der Waals surface area contributed by atoms with E-state index in [1.54, 1.807) is 91.3 Å². The van der Waals surface area contributed by atoms with E-state index < -0.39 is 108 Å². The van der Waals surface area contributed by atoms with Crippen molar-refractivity contribution in [3.05, 3.63) is 78.9 Å². The number of carbonyl (C=O) groups is 5. The number of anilines is 1. The van der Waals surface area contributed by atoms with Crippen LogP contribution in [0.1, 0.15) is 80.2 Å². The van der Waals surface area contributed by atoms with Crippen LogP contribution in [0.2, 0.25) is 0 Å². The lowest BCUT2D eigenvalue weighted by Gasteiger charge is -2.48. The number of ether oxygens (including phenoxy) is 6. The standard InChI is InChI=1S/C51H69N7O12/c1-12-38-51(8)42(56-48(63)70-51)31(4)39(59)29(2)27-50(7,69-47(62)55-23-13-16-34-18-20-35(21-19-34)44-53-24-15-25-54-44)43(68-46-40(60)37(57(9)10)26-30(3)65-46)32(5)41(33(6)45(61)66-38)67-49(64)58(11)36-17-14-22-52-28-36/h13-22,24-25,28-33,37-38,40-43,46,60H,12,23,26-27H2,1-11H3,(H,55,62)(H,56,63)/t29-,30-,31+,32+,33-,37+,38-,40-,41+,42-,43-,46+,50-,51-/m1/s1. The van der Waals surface area contributed by atoms with Gasteiger partial charge in [0.15, 0.2) is 17.7 Å². The van der Waals surface area contributed by atoms with Crippen molar-refractivity contribution in [3.8, 4) is 11.4 Å². The number of rotatable bonds is 11. The monoisotopic (exact) mass is 972 g/mol. The quantitative estimate of drug-likeness (QED) is 0.144. The van der Waals surface area contributed by atoms with Gasteiger partial charge in [-0.05, 0) is 84.8 Å². The number of aliphatic hydroxyl groups is 1. The van der Waals surface area contributed by atoms with E-state index in [0.29, 0.717) is 17.9 Å². The maximum absolute atomic E-state index is 14.8. The molecule has 3 saturated heterocycles. The Morgan fingerprint density at radius 3 is 2.31 bits per heavy atom. The Hall–Kier alpha value is -6.02. The molecule has 0 bridgehead atoms. The van der Waals surface area contributed by atoms with Gasteiger partial charge in [0, 0.05) is 61.5 Å². The highest BCUT2D eigenvalue weighted by molar-refractivity contribution is 5.87. The Balaban J connectivity index is 1.41. The highest BCUT2D eigenvalue weighted by atomic mass is 16.7. The summed E-state index contributed by atoms with van der Waals surface area (Å²) in [4.78, 5) is 86.8. The molecule has 19 heteroatoms. The zero-order valence-corrected chi connectivity index (χ0v) is 41.9. The van der Waals surface area contributed by atoms with E-state index in [1.165, 1.54) is 18.1 Å². The third kappa shape index (κ3) is 12.1. The third-order valence-electron chi connectivity index (χ3n) is 13.9. The lowest BCUT2D eigenvalue weighted by molar-refractivity contribution is -0.298. The lowest BCUT2D eigenvalue weighted by Crippen LogP contribution is -2.61. The number of hydrogen-bond donors (Lipinski definition) is 3. The van der Waals surface area contributed by atoms with Crippen molar-refractivity contribution in [3.63, 3.8) is 0 Å². The van der Waals surface area contributed by atoms with Crippen molar-refractivity contribution in [1.82, 2.24) is 30.5 Å². The summed E-state index contributed by atoms with van der Waals surface area (Å²) in [7, 11) is 5.15. The van der Waals surface area contributed by atoms with Crippen molar-refractivity contribution in [1.29, 1.82) is 0 Å². The molecule has 14 atom stereocenters. The molecule has 3 aromatic rings. The normalized spacial score (nSPS) is 33.0. The fraction of sp³-hybridized carbons (Fsp3) is 0.569. The van der Waals surface area contributed by atoms with Gasteiger partial charge >= 0.3 is 24.2 Å². The molecule has 0 radical (unpaired) electrons. The van der Waals surface area contributed by atoms with Crippen molar-refractivity contribution >= 4 is 41.8 Å². The van der Waals surface area contributed by atoms with E-state index in [9.17, 15) is 29.1 Å². The molecular weight excluding hydrogens is 903 g/mol. The van der Waals surface area contributed by atoms with Gasteiger partial charge in [-0.2, -0.15) is 0 Å². The third-order valence-corrected chi connectivity index (χ3v) is 13.9. The van der Waals surface area contributed by atoms with Crippen LogP contribution in [0.3, 0.4) is 0 Å².